The predicted molar refractivity (Wildman–Crippen MR) is 82.2 cm³/mol. The number of piperazine rings is 1. The summed E-state index contributed by atoms with van der Waals surface area (Å²) in [5.41, 5.74) is 9.53. The number of nitrogens with two attached hydrogens (primary N) is 1. The van der Waals surface area contributed by atoms with Crippen LogP contribution in [0, 0.1) is 0 Å². The molecule has 2 amide bonds. The Morgan fingerprint density at radius 1 is 1.33 bits per heavy atom. The van der Waals surface area contributed by atoms with Gasteiger partial charge in [-0.3, -0.25) is 9.59 Å². The first-order chi connectivity index (χ1) is 10.1. The molecule has 1 saturated heterocycles. The van der Waals surface area contributed by atoms with Crippen LogP contribution in [0.3, 0.4) is 0 Å². The number of carbonyl (C=O) groups excluding carboxylic acids is 2. The molecule has 3 rings (SSSR count). The summed E-state index contributed by atoms with van der Waals surface area (Å²) in [6, 6.07) is 3.64. The second-order valence-electron chi connectivity index (χ2n) is 5.52. The first-order valence-corrected chi connectivity index (χ1v) is 7.36. The molecule has 1 atom stereocenters. The third-order valence-electron chi connectivity index (χ3n) is 4.17. The molecule has 0 aliphatic carbocycles. The molecule has 21 heavy (non-hydrogen) atoms. The van der Waals surface area contributed by atoms with Gasteiger partial charge in [0.1, 0.15) is 6.04 Å². The molecule has 2 aliphatic rings. The number of fused-ring (bicyclic) bond motifs is 1. The summed E-state index contributed by atoms with van der Waals surface area (Å²) < 4.78 is 0. The molecule has 1 unspecified atom stereocenters. The summed E-state index contributed by atoms with van der Waals surface area (Å²) in [5, 5.41) is 5.74. The highest BCUT2D eigenvalue weighted by molar-refractivity contribution is 5.96. The van der Waals surface area contributed by atoms with Crippen LogP contribution < -0.4 is 21.3 Å². The number of hydrogen-bond acceptors (Lipinski definition) is 4. The summed E-state index contributed by atoms with van der Waals surface area (Å²) in [4.78, 5) is 25.5. The van der Waals surface area contributed by atoms with Crippen LogP contribution >= 0.6 is 0 Å². The van der Waals surface area contributed by atoms with Gasteiger partial charge in [0.25, 0.3) is 0 Å². The molecule has 0 bridgehead atoms. The zero-order chi connectivity index (χ0) is 15.0. The van der Waals surface area contributed by atoms with Crippen molar-refractivity contribution >= 4 is 28.9 Å². The maximum Gasteiger partial charge on any atom is 0.242 e. The van der Waals surface area contributed by atoms with Gasteiger partial charge in [-0.25, -0.2) is 0 Å². The van der Waals surface area contributed by atoms with E-state index in [0.29, 0.717) is 25.1 Å². The van der Waals surface area contributed by atoms with Crippen molar-refractivity contribution < 1.29 is 9.59 Å². The normalized spacial score (nSPS) is 21.6. The largest absolute Gasteiger partial charge is 0.397 e. The number of benzene rings is 1. The maximum atomic E-state index is 12.0. The fourth-order valence-electron chi connectivity index (χ4n) is 3.09. The molecule has 4 N–H and O–H groups in total. The standard InChI is InChI=1S/C15H20N4O2/c1-2-12-15(21)17-5-6-19(12)13-7-9-3-4-14(20)18-11(9)8-10(13)16/h7-8,12H,2-6,16H2,1H3,(H,17,21)(H,18,20). The van der Waals surface area contributed by atoms with Gasteiger partial charge in [0.15, 0.2) is 0 Å². The smallest absolute Gasteiger partial charge is 0.242 e. The van der Waals surface area contributed by atoms with E-state index in [4.69, 9.17) is 5.73 Å². The summed E-state index contributed by atoms with van der Waals surface area (Å²) in [6.07, 6.45) is 1.94. The minimum Gasteiger partial charge on any atom is -0.397 e. The molecule has 0 radical (unpaired) electrons. The Morgan fingerprint density at radius 2 is 2.14 bits per heavy atom. The molecule has 6 heteroatoms. The summed E-state index contributed by atoms with van der Waals surface area (Å²) in [7, 11) is 0. The van der Waals surface area contributed by atoms with Crippen LogP contribution in [0.2, 0.25) is 0 Å². The highest BCUT2D eigenvalue weighted by Gasteiger charge is 2.30. The van der Waals surface area contributed by atoms with Crippen molar-refractivity contribution in [2.75, 3.05) is 29.0 Å². The number of nitrogens with one attached hydrogen (secondary N) is 2. The van der Waals surface area contributed by atoms with Crippen molar-refractivity contribution in [1.82, 2.24) is 5.32 Å². The molecule has 2 heterocycles. The Balaban J connectivity index is 1.98. The summed E-state index contributed by atoms with van der Waals surface area (Å²) in [6.45, 7) is 3.37. The van der Waals surface area contributed by atoms with Crippen molar-refractivity contribution in [3.8, 4) is 0 Å². The molecule has 1 aromatic rings. The molecule has 6 nitrogen and oxygen atoms in total. The van der Waals surface area contributed by atoms with Crippen LogP contribution in [0.5, 0.6) is 0 Å². The highest BCUT2D eigenvalue weighted by Crippen LogP contribution is 2.34. The van der Waals surface area contributed by atoms with Crippen LogP contribution in [-0.2, 0) is 16.0 Å². The van der Waals surface area contributed by atoms with E-state index in [2.05, 4.69) is 15.5 Å². The van der Waals surface area contributed by atoms with E-state index in [0.717, 1.165) is 29.9 Å². The molecule has 1 fully saturated rings. The zero-order valence-corrected chi connectivity index (χ0v) is 12.1. The van der Waals surface area contributed by atoms with Crippen molar-refractivity contribution in [2.45, 2.75) is 32.2 Å². The molecular weight excluding hydrogens is 268 g/mol. The number of hydrogen-bond donors (Lipinski definition) is 3. The third kappa shape index (κ3) is 2.41. The lowest BCUT2D eigenvalue weighted by atomic mass is 9.99. The number of rotatable bonds is 2. The topological polar surface area (TPSA) is 87.5 Å². The highest BCUT2D eigenvalue weighted by atomic mass is 16.2. The van der Waals surface area contributed by atoms with Gasteiger partial charge in [-0.15, -0.1) is 0 Å². The quantitative estimate of drug-likeness (QED) is 0.705. The van der Waals surface area contributed by atoms with Crippen LogP contribution in [0.1, 0.15) is 25.3 Å². The van der Waals surface area contributed by atoms with E-state index in [1.807, 2.05) is 13.0 Å². The maximum absolute atomic E-state index is 12.0. The summed E-state index contributed by atoms with van der Waals surface area (Å²) >= 11 is 0. The number of anilines is 3. The summed E-state index contributed by atoms with van der Waals surface area (Å²) in [5.74, 6) is 0.0765. The number of carbonyl (C=O) groups is 2. The van der Waals surface area contributed by atoms with Gasteiger partial charge in [0.2, 0.25) is 11.8 Å². The van der Waals surface area contributed by atoms with Crippen molar-refractivity contribution in [2.24, 2.45) is 0 Å². The molecule has 1 aromatic carbocycles. The Kier molecular flexibility index (Phi) is 3.45. The minimum absolute atomic E-state index is 0.0263. The van der Waals surface area contributed by atoms with E-state index in [9.17, 15) is 9.59 Å². The number of aryl methyl sites for hydroxylation is 1. The van der Waals surface area contributed by atoms with Gasteiger partial charge in [0, 0.05) is 25.2 Å². The molecule has 0 aromatic heterocycles. The second-order valence-corrected chi connectivity index (χ2v) is 5.52. The van der Waals surface area contributed by atoms with Gasteiger partial charge in [-0.1, -0.05) is 6.92 Å². The third-order valence-corrected chi connectivity index (χ3v) is 4.17. The van der Waals surface area contributed by atoms with E-state index in [1.165, 1.54) is 0 Å². The number of amides is 2. The Bertz CT molecular complexity index is 600. The lowest BCUT2D eigenvalue weighted by Crippen LogP contribution is -2.55. The second kappa shape index (κ2) is 5.27. The van der Waals surface area contributed by atoms with Crippen LogP contribution in [0.15, 0.2) is 12.1 Å². The van der Waals surface area contributed by atoms with E-state index in [-0.39, 0.29) is 17.9 Å². The van der Waals surface area contributed by atoms with Crippen molar-refractivity contribution in [3.63, 3.8) is 0 Å². The lowest BCUT2D eigenvalue weighted by Gasteiger charge is -2.37. The minimum atomic E-state index is -0.183. The van der Waals surface area contributed by atoms with Crippen LogP contribution in [0.25, 0.3) is 0 Å². The SMILES string of the molecule is CCC1C(=O)NCCN1c1cc2c(cc1N)NC(=O)CC2. The average Bonchev–Trinajstić information content (AvgIpc) is 2.46. The zero-order valence-electron chi connectivity index (χ0n) is 12.1. The van der Waals surface area contributed by atoms with Crippen LogP contribution in [0.4, 0.5) is 17.1 Å². The van der Waals surface area contributed by atoms with Gasteiger partial charge in [-0.05, 0) is 30.5 Å². The first kappa shape index (κ1) is 13.7. The van der Waals surface area contributed by atoms with E-state index < -0.39 is 0 Å². The Labute approximate surface area is 123 Å². The lowest BCUT2D eigenvalue weighted by molar-refractivity contribution is -0.123. The van der Waals surface area contributed by atoms with Crippen molar-refractivity contribution in [3.05, 3.63) is 17.7 Å². The van der Waals surface area contributed by atoms with Crippen LogP contribution in [-0.4, -0.2) is 30.9 Å². The average molecular weight is 288 g/mol. The number of nitrogen functional groups attached to an aromatic ring is 1. The molecule has 0 saturated carbocycles. The molecule has 0 spiro atoms. The molecule has 2 aliphatic heterocycles. The fourth-order valence-corrected chi connectivity index (χ4v) is 3.09. The molecular formula is C15H20N4O2. The van der Waals surface area contributed by atoms with Gasteiger partial charge in [0.05, 0.1) is 11.4 Å². The first-order valence-electron chi connectivity index (χ1n) is 7.36. The Hall–Kier alpha value is -2.24. The predicted octanol–water partition coefficient (Wildman–Crippen LogP) is 0.868. The monoisotopic (exact) mass is 288 g/mol. The van der Waals surface area contributed by atoms with E-state index >= 15 is 0 Å². The van der Waals surface area contributed by atoms with Crippen molar-refractivity contribution in [1.29, 1.82) is 0 Å². The fraction of sp³-hybridized carbons (Fsp3) is 0.467. The molecule has 112 valence electrons. The van der Waals surface area contributed by atoms with E-state index in [1.54, 1.807) is 6.07 Å². The van der Waals surface area contributed by atoms with Gasteiger partial charge in [-0.2, -0.15) is 0 Å². The van der Waals surface area contributed by atoms with Gasteiger partial charge < -0.3 is 21.3 Å². The number of nitrogens with zero attached hydrogens (tertiary/aromatic N) is 1. The Morgan fingerprint density at radius 3 is 2.90 bits per heavy atom. The van der Waals surface area contributed by atoms with Gasteiger partial charge >= 0.3 is 0 Å².